The molecule has 4 amide bonds. The molecule has 6 atom stereocenters. The fraction of sp³-hybridized carbons (Fsp3) is 0.517. The number of β-lactam (4-membered cyclic amide) rings is 2. The summed E-state index contributed by atoms with van der Waals surface area (Å²) < 4.78 is 15.3. The molecular formula is C29H34N4O12S3. The maximum absolute atomic E-state index is 13.4. The number of benzene rings is 1. The first-order valence-corrected chi connectivity index (χ1v) is 18.2. The average Bonchev–Trinajstić information content (AvgIpc) is 3.47. The lowest BCUT2D eigenvalue weighted by Gasteiger charge is -2.44. The molecule has 0 spiro atoms. The van der Waals surface area contributed by atoms with Crippen LogP contribution < -0.4 is 10.6 Å². The number of thioether (sulfide) groups is 1. The Hall–Kier alpha value is -3.81. The van der Waals surface area contributed by atoms with Gasteiger partial charge in [-0.2, -0.15) is 0 Å². The van der Waals surface area contributed by atoms with Gasteiger partial charge >= 0.3 is 18.0 Å². The number of amides is 4. The summed E-state index contributed by atoms with van der Waals surface area (Å²) in [6.07, 6.45) is 0.0635. The Morgan fingerprint density at radius 3 is 2.40 bits per heavy atom. The van der Waals surface area contributed by atoms with E-state index in [0.29, 0.717) is 17.1 Å². The maximum Gasteiger partial charge on any atom is 0.408 e. The molecule has 0 aliphatic carbocycles. The summed E-state index contributed by atoms with van der Waals surface area (Å²) in [6.45, 7) is 3.11. The summed E-state index contributed by atoms with van der Waals surface area (Å²) in [5, 5.41) is 33.0. The Bertz CT molecular complexity index is 1490. The highest BCUT2D eigenvalue weighted by Gasteiger charge is 2.64. The summed E-state index contributed by atoms with van der Waals surface area (Å²) in [4.78, 5) is 77.7. The SMILES string of the molecule is CC1(C)S[C@@H]2[C@H](NC(=O)C(NC(=O)OCCSSCCOC(=O)[C@H]3/C(=C\CO)O[C@@H]4CC(=O)N43)c3ccc(O)cc3)C(=O)N2C1C(=O)O. The molecule has 0 saturated carbocycles. The number of aliphatic hydroxyl groups excluding tert-OH is 1. The van der Waals surface area contributed by atoms with E-state index >= 15 is 0 Å². The minimum absolute atomic E-state index is 0.0269. The van der Waals surface area contributed by atoms with Crippen LogP contribution in [0.15, 0.2) is 36.1 Å². The Kier molecular flexibility index (Phi) is 10.9. The van der Waals surface area contributed by atoms with E-state index in [9.17, 15) is 44.1 Å². The zero-order valence-corrected chi connectivity index (χ0v) is 28.2. The highest BCUT2D eigenvalue weighted by Crippen LogP contribution is 2.50. The molecule has 19 heteroatoms. The first kappa shape index (κ1) is 35.5. The number of hydrogen-bond donors (Lipinski definition) is 5. The lowest BCUT2D eigenvalue weighted by Crippen LogP contribution is -2.71. The standard InChI is InChI=1S/C29H34N4O12S3/c1-29(2)22(26(39)40)33-24(38)20(25(33)48-29)30-23(37)19(14-3-5-15(35)6-4-14)31-28(42)44-10-12-47-46-11-9-43-27(41)21-16(7-8-34)45-18-13-17(36)32(18)21/h3-7,18-22,25,34-35H,8-13H2,1-2H3,(H,30,37)(H,31,42)(H,39,40)/b16-7+/t18-,19?,20-,21-,22?,25-/m1/s1. The smallest absolute Gasteiger partial charge is 0.408 e. The number of rotatable bonds is 14. The van der Waals surface area contributed by atoms with Crippen LogP contribution in [-0.4, -0.2) is 127 Å². The normalized spacial score (nSPS) is 26.4. The molecule has 5 N–H and O–H groups in total. The molecule has 4 saturated heterocycles. The molecule has 0 bridgehead atoms. The molecular weight excluding hydrogens is 693 g/mol. The van der Waals surface area contributed by atoms with Crippen LogP contribution in [0, 0.1) is 0 Å². The third kappa shape index (κ3) is 7.28. The minimum atomic E-state index is -1.29. The molecule has 0 radical (unpaired) electrons. The van der Waals surface area contributed by atoms with Crippen LogP contribution in [0.4, 0.5) is 4.79 Å². The highest BCUT2D eigenvalue weighted by atomic mass is 33.1. The van der Waals surface area contributed by atoms with Gasteiger partial charge in [-0.1, -0.05) is 33.7 Å². The van der Waals surface area contributed by atoms with Gasteiger partial charge in [-0.25, -0.2) is 14.4 Å². The van der Waals surface area contributed by atoms with E-state index in [1.165, 1.54) is 73.5 Å². The number of hydrogen-bond acceptors (Lipinski definition) is 14. The number of phenols is 1. The fourth-order valence-corrected chi connectivity index (χ4v) is 8.98. The lowest BCUT2D eigenvalue weighted by molar-refractivity contribution is -0.165. The summed E-state index contributed by atoms with van der Waals surface area (Å²) in [6, 6.07) is 1.21. The number of phenolic OH excluding ortho intramolecular Hbond substituents is 1. The number of alkyl carbamates (subject to hydrolysis) is 1. The second kappa shape index (κ2) is 14.8. The van der Waals surface area contributed by atoms with Crippen LogP contribution >= 0.6 is 33.3 Å². The molecule has 4 heterocycles. The molecule has 2 unspecified atom stereocenters. The van der Waals surface area contributed by atoms with E-state index in [1.807, 2.05) is 0 Å². The third-order valence-electron chi connectivity index (χ3n) is 7.90. The monoisotopic (exact) mass is 726 g/mol. The van der Waals surface area contributed by atoms with Crippen molar-refractivity contribution in [2.75, 3.05) is 31.3 Å². The lowest BCUT2D eigenvalue weighted by atomic mass is 9.95. The van der Waals surface area contributed by atoms with Crippen molar-refractivity contribution in [1.29, 1.82) is 0 Å². The number of carbonyl (C=O) groups excluding carboxylic acids is 5. The molecule has 260 valence electrons. The molecule has 0 aromatic heterocycles. The van der Waals surface area contributed by atoms with Gasteiger partial charge in [0.05, 0.1) is 13.0 Å². The number of ether oxygens (including phenoxy) is 3. The molecule has 1 aromatic rings. The molecule has 4 aliphatic heterocycles. The van der Waals surface area contributed by atoms with Crippen molar-refractivity contribution in [2.45, 2.75) is 60.8 Å². The number of nitrogens with one attached hydrogen (secondary N) is 2. The number of aromatic hydroxyl groups is 1. The van der Waals surface area contributed by atoms with Gasteiger partial charge in [0.25, 0.3) is 0 Å². The van der Waals surface area contributed by atoms with Gasteiger partial charge in [-0.3, -0.25) is 19.3 Å². The van der Waals surface area contributed by atoms with Crippen molar-refractivity contribution >= 4 is 69.1 Å². The Labute approximate surface area is 286 Å². The average molecular weight is 727 g/mol. The van der Waals surface area contributed by atoms with Crippen molar-refractivity contribution in [2.24, 2.45) is 0 Å². The van der Waals surface area contributed by atoms with Gasteiger partial charge in [0.1, 0.15) is 48.2 Å². The van der Waals surface area contributed by atoms with Gasteiger partial charge in [-0.15, -0.1) is 11.8 Å². The predicted octanol–water partition coefficient (Wildman–Crippen LogP) is 0.549. The maximum atomic E-state index is 13.4. The summed E-state index contributed by atoms with van der Waals surface area (Å²) >= 11 is 1.27. The van der Waals surface area contributed by atoms with Crippen LogP contribution in [0.2, 0.25) is 0 Å². The Balaban J connectivity index is 1.05. The van der Waals surface area contributed by atoms with Crippen molar-refractivity contribution in [1.82, 2.24) is 20.4 Å². The van der Waals surface area contributed by atoms with Crippen molar-refractivity contribution in [3.63, 3.8) is 0 Å². The first-order chi connectivity index (χ1) is 22.8. The number of aliphatic carboxylic acids is 1. The van der Waals surface area contributed by atoms with Crippen LogP contribution in [0.5, 0.6) is 5.75 Å². The number of carbonyl (C=O) groups is 6. The van der Waals surface area contributed by atoms with E-state index in [4.69, 9.17) is 14.2 Å². The summed E-state index contributed by atoms with van der Waals surface area (Å²) in [5.74, 6) is -2.39. The van der Waals surface area contributed by atoms with Crippen molar-refractivity contribution in [3.05, 3.63) is 41.7 Å². The van der Waals surface area contributed by atoms with E-state index < -0.39 is 70.4 Å². The topological polar surface area (TPSA) is 221 Å². The zero-order chi connectivity index (χ0) is 34.7. The predicted molar refractivity (Wildman–Crippen MR) is 172 cm³/mol. The van der Waals surface area contributed by atoms with Crippen LogP contribution in [0.1, 0.15) is 31.9 Å². The second-order valence-electron chi connectivity index (χ2n) is 11.5. The molecule has 48 heavy (non-hydrogen) atoms. The van der Waals surface area contributed by atoms with Crippen LogP contribution in [0.3, 0.4) is 0 Å². The summed E-state index contributed by atoms with van der Waals surface area (Å²) in [5.41, 5.74) is 0.310. The fourth-order valence-electron chi connectivity index (χ4n) is 5.70. The third-order valence-corrected chi connectivity index (χ3v) is 11.8. The van der Waals surface area contributed by atoms with Gasteiger partial charge in [0, 0.05) is 16.3 Å². The first-order valence-electron chi connectivity index (χ1n) is 14.8. The Morgan fingerprint density at radius 1 is 1.10 bits per heavy atom. The minimum Gasteiger partial charge on any atom is -0.508 e. The van der Waals surface area contributed by atoms with Gasteiger partial charge in [-0.05, 0) is 37.6 Å². The number of carboxylic acids is 1. The van der Waals surface area contributed by atoms with Crippen molar-refractivity contribution < 1.29 is 58.3 Å². The number of carboxylic acid groups (broad SMARTS) is 1. The van der Waals surface area contributed by atoms with Crippen LogP contribution in [-0.2, 0) is 38.2 Å². The van der Waals surface area contributed by atoms with E-state index in [0.717, 1.165) is 0 Å². The Morgan fingerprint density at radius 2 is 1.77 bits per heavy atom. The summed E-state index contributed by atoms with van der Waals surface area (Å²) in [7, 11) is 2.70. The molecule has 1 aromatic carbocycles. The van der Waals surface area contributed by atoms with E-state index in [-0.39, 0.29) is 43.7 Å². The van der Waals surface area contributed by atoms with E-state index in [1.54, 1.807) is 13.8 Å². The molecule has 5 rings (SSSR count). The number of aliphatic hydroxyl groups is 1. The van der Waals surface area contributed by atoms with Crippen LogP contribution in [0.25, 0.3) is 0 Å². The number of esters is 1. The highest BCUT2D eigenvalue weighted by molar-refractivity contribution is 8.76. The van der Waals surface area contributed by atoms with E-state index in [2.05, 4.69) is 10.6 Å². The van der Waals surface area contributed by atoms with Gasteiger partial charge in [0.15, 0.2) is 12.3 Å². The van der Waals surface area contributed by atoms with Crippen molar-refractivity contribution in [3.8, 4) is 5.75 Å². The van der Waals surface area contributed by atoms with Gasteiger partial charge in [0.2, 0.25) is 17.7 Å². The second-order valence-corrected chi connectivity index (χ2v) is 15.9. The molecule has 16 nitrogen and oxygen atoms in total. The zero-order valence-electron chi connectivity index (χ0n) is 25.7. The number of nitrogens with zero attached hydrogens (tertiary/aromatic N) is 2. The van der Waals surface area contributed by atoms with Gasteiger partial charge < -0.3 is 45.1 Å². The quantitative estimate of drug-likeness (QED) is 0.0765. The molecule has 4 aliphatic rings. The number of fused-ring (bicyclic) bond motifs is 2. The largest absolute Gasteiger partial charge is 0.508 e. The molecule has 4 fully saturated rings.